The summed E-state index contributed by atoms with van der Waals surface area (Å²) in [4.78, 5) is 15.9. The van der Waals surface area contributed by atoms with Crippen LogP contribution in [0, 0.1) is 5.92 Å². The van der Waals surface area contributed by atoms with Crippen LogP contribution in [0.3, 0.4) is 0 Å². The van der Waals surface area contributed by atoms with Crippen LogP contribution in [0.2, 0.25) is 0 Å². The molecule has 6 heteroatoms. The number of aromatic nitrogens is 2. The molecule has 2 rings (SSSR count). The van der Waals surface area contributed by atoms with E-state index in [9.17, 15) is 4.79 Å². The Balaban J connectivity index is 1.67. The molecule has 1 saturated heterocycles. The Kier molecular flexibility index (Phi) is 4.90. The normalized spacial score (nSPS) is 19.0. The fourth-order valence-electron chi connectivity index (χ4n) is 1.92. The molecule has 1 amide bonds. The molecule has 6 nitrogen and oxygen atoms in total. The Hall–Kier alpha value is -1.43. The fraction of sp³-hybridized carbons (Fsp3) is 0.769. The molecule has 1 atom stereocenters. The van der Waals surface area contributed by atoms with Gasteiger partial charge in [0.15, 0.2) is 5.82 Å². The number of carbonyl (C=O) groups excluding carboxylic acids is 1. The molecule has 0 bridgehead atoms. The molecule has 0 radical (unpaired) electrons. The summed E-state index contributed by atoms with van der Waals surface area (Å²) >= 11 is 0. The third-order valence-electron chi connectivity index (χ3n) is 3.18. The summed E-state index contributed by atoms with van der Waals surface area (Å²) in [7, 11) is 0. The lowest BCUT2D eigenvalue weighted by Gasteiger charge is -2.08. The smallest absolute Gasteiger partial charge is 0.227 e. The number of amides is 1. The van der Waals surface area contributed by atoms with Crippen molar-refractivity contribution in [2.45, 2.75) is 39.0 Å². The van der Waals surface area contributed by atoms with Crippen molar-refractivity contribution < 1.29 is 14.1 Å². The monoisotopic (exact) mass is 267 g/mol. The van der Waals surface area contributed by atoms with Gasteiger partial charge in [-0.05, 0) is 6.42 Å². The Labute approximate surface area is 112 Å². The Bertz CT molecular complexity index is 411. The van der Waals surface area contributed by atoms with Crippen molar-refractivity contribution in [3.8, 4) is 0 Å². The number of hydrogen-bond acceptors (Lipinski definition) is 5. The maximum atomic E-state index is 11.7. The summed E-state index contributed by atoms with van der Waals surface area (Å²) < 4.78 is 10.4. The number of carbonyl (C=O) groups is 1. The highest BCUT2D eigenvalue weighted by molar-refractivity contribution is 5.75. The van der Waals surface area contributed by atoms with Crippen molar-refractivity contribution in [1.29, 1.82) is 0 Å². The largest absolute Gasteiger partial charge is 0.381 e. The minimum absolute atomic E-state index is 0.0243. The maximum Gasteiger partial charge on any atom is 0.227 e. The van der Waals surface area contributed by atoms with Crippen molar-refractivity contribution in [3.63, 3.8) is 0 Å². The van der Waals surface area contributed by atoms with Gasteiger partial charge in [0.25, 0.3) is 0 Å². The Morgan fingerprint density at radius 2 is 2.37 bits per heavy atom. The van der Waals surface area contributed by atoms with Crippen LogP contribution in [0.5, 0.6) is 0 Å². The summed E-state index contributed by atoms with van der Waals surface area (Å²) in [5.74, 6) is 1.95. The van der Waals surface area contributed by atoms with Crippen molar-refractivity contribution >= 4 is 5.91 Å². The molecule has 2 heterocycles. The number of aryl methyl sites for hydroxylation is 1. The first-order valence-corrected chi connectivity index (χ1v) is 6.82. The molecule has 0 spiro atoms. The fourth-order valence-corrected chi connectivity index (χ4v) is 1.92. The van der Waals surface area contributed by atoms with Gasteiger partial charge >= 0.3 is 0 Å². The highest BCUT2D eigenvalue weighted by atomic mass is 16.5. The zero-order valence-electron chi connectivity index (χ0n) is 11.5. The average Bonchev–Trinajstić information content (AvgIpc) is 3.05. The molecular weight excluding hydrogens is 246 g/mol. The Morgan fingerprint density at radius 3 is 3.00 bits per heavy atom. The van der Waals surface area contributed by atoms with Crippen LogP contribution < -0.4 is 5.32 Å². The van der Waals surface area contributed by atoms with Crippen LogP contribution in [0.4, 0.5) is 0 Å². The first kappa shape index (κ1) is 14.0. The number of rotatable bonds is 6. The lowest BCUT2D eigenvalue weighted by molar-refractivity contribution is -0.121. The van der Waals surface area contributed by atoms with Gasteiger partial charge in [0.05, 0.1) is 6.61 Å². The molecule has 1 aromatic rings. The molecule has 1 aliphatic heterocycles. The van der Waals surface area contributed by atoms with E-state index in [0.717, 1.165) is 19.6 Å². The van der Waals surface area contributed by atoms with E-state index in [0.29, 0.717) is 37.0 Å². The van der Waals surface area contributed by atoms with Gasteiger partial charge in [-0.1, -0.05) is 19.0 Å². The van der Waals surface area contributed by atoms with Crippen molar-refractivity contribution in [2.24, 2.45) is 5.92 Å². The van der Waals surface area contributed by atoms with E-state index in [1.54, 1.807) is 0 Å². The van der Waals surface area contributed by atoms with Crippen LogP contribution >= 0.6 is 0 Å². The van der Waals surface area contributed by atoms with Gasteiger partial charge in [0.1, 0.15) is 0 Å². The lowest BCUT2D eigenvalue weighted by Crippen LogP contribution is -2.29. The van der Waals surface area contributed by atoms with Crippen molar-refractivity contribution in [2.75, 3.05) is 19.8 Å². The third kappa shape index (κ3) is 4.31. The minimum Gasteiger partial charge on any atom is -0.381 e. The topological polar surface area (TPSA) is 77.2 Å². The number of nitrogens with zero attached hydrogens (tertiary/aromatic N) is 2. The SMILES string of the molecule is CC(C)c1noc(CCC(=O)NCC2CCOC2)n1. The van der Waals surface area contributed by atoms with Crippen LogP contribution in [-0.2, 0) is 16.0 Å². The standard InChI is InChI=1S/C13H21N3O3/c1-9(2)13-15-12(19-16-13)4-3-11(17)14-7-10-5-6-18-8-10/h9-10H,3-8H2,1-2H3,(H,14,17). The molecule has 0 saturated carbocycles. The van der Waals surface area contributed by atoms with Gasteiger partial charge in [0.2, 0.25) is 11.8 Å². The van der Waals surface area contributed by atoms with E-state index in [1.165, 1.54) is 0 Å². The van der Waals surface area contributed by atoms with E-state index < -0.39 is 0 Å². The molecular formula is C13H21N3O3. The zero-order valence-corrected chi connectivity index (χ0v) is 11.5. The van der Waals surface area contributed by atoms with Gasteiger partial charge in [-0.2, -0.15) is 4.98 Å². The molecule has 106 valence electrons. The second-order valence-corrected chi connectivity index (χ2v) is 5.23. The quantitative estimate of drug-likeness (QED) is 0.840. The summed E-state index contributed by atoms with van der Waals surface area (Å²) in [5.41, 5.74) is 0. The predicted molar refractivity (Wildman–Crippen MR) is 68.6 cm³/mol. The highest BCUT2D eigenvalue weighted by Crippen LogP contribution is 2.12. The zero-order chi connectivity index (χ0) is 13.7. The van der Waals surface area contributed by atoms with Gasteiger partial charge < -0.3 is 14.6 Å². The van der Waals surface area contributed by atoms with Crippen LogP contribution in [0.15, 0.2) is 4.52 Å². The van der Waals surface area contributed by atoms with E-state index in [4.69, 9.17) is 9.26 Å². The molecule has 1 fully saturated rings. The van der Waals surface area contributed by atoms with Crippen LogP contribution in [0.1, 0.15) is 44.3 Å². The third-order valence-corrected chi connectivity index (χ3v) is 3.18. The number of hydrogen-bond donors (Lipinski definition) is 1. The molecule has 0 aliphatic carbocycles. The van der Waals surface area contributed by atoms with Gasteiger partial charge in [-0.15, -0.1) is 0 Å². The first-order chi connectivity index (χ1) is 9.15. The highest BCUT2D eigenvalue weighted by Gasteiger charge is 2.16. The number of ether oxygens (including phenoxy) is 1. The molecule has 1 aromatic heterocycles. The lowest BCUT2D eigenvalue weighted by atomic mass is 10.1. The van der Waals surface area contributed by atoms with E-state index in [-0.39, 0.29) is 11.8 Å². The minimum atomic E-state index is 0.0243. The van der Waals surface area contributed by atoms with Gasteiger partial charge in [-0.25, -0.2) is 0 Å². The predicted octanol–water partition coefficient (Wildman–Crippen LogP) is 1.28. The van der Waals surface area contributed by atoms with E-state index >= 15 is 0 Å². The number of nitrogens with one attached hydrogen (secondary N) is 1. The maximum absolute atomic E-state index is 11.7. The van der Waals surface area contributed by atoms with Crippen LogP contribution in [0.25, 0.3) is 0 Å². The second kappa shape index (κ2) is 6.65. The Morgan fingerprint density at radius 1 is 1.53 bits per heavy atom. The molecule has 19 heavy (non-hydrogen) atoms. The second-order valence-electron chi connectivity index (χ2n) is 5.23. The summed E-state index contributed by atoms with van der Waals surface area (Å²) in [6.45, 7) is 6.26. The molecule has 1 unspecified atom stereocenters. The van der Waals surface area contributed by atoms with Crippen LogP contribution in [-0.4, -0.2) is 35.8 Å². The molecule has 0 aromatic carbocycles. The van der Waals surface area contributed by atoms with E-state index in [1.807, 2.05) is 13.8 Å². The first-order valence-electron chi connectivity index (χ1n) is 6.82. The van der Waals surface area contributed by atoms with E-state index in [2.05, 4.69) is 15.5 Å². The van der Waals surface area contributed by atoms with Gasteiger partial charge in [-0.3, -0.25) is 4.79 Å². The summed E-state index contributed by atoms with van der Waals surface area (Å²) in [5, 5.41) is 6.78. The van der Waals surface area contributed by atoms with Crippen molar-refractivity contribution in [1.82, 2.24) is 15.5 Å². The van der Waals surface area contributed by atoms with Gasteiger partial charge in [0, 0.05) is 37.8 Å². The summed E-state index contributed by atoms with van der Waals surface area (Å²) in [6, 6.07) is 0. The summed E-state index contributed by atoms with van der Waals surface area (Å²) in [6.07, 6.45) is 1.90. The molecule has 1 N–H and O–H groups in total. The average molecular weight is 267 g/mol. The van der Waals surface area contributed by atoms with Crippen molar-refractivity contribution in [3.05, 3.63) is 11.7 Å². The molecule has 1 aliphatic rings.